The van der Waals surface area contributed by atoms with Crippen LogP contribution in [0, 0.1) is 0 Å². The normalized spacial score (nSPS) is 22.6. The van der Waals surface area contributed by atoms with E-state index < -0.39 is 11.2 Å². The SMILES string of the molecule is CCCCCCCCCCCCC1(O)C=CC(O)(CCCCCCCCCCCC)C=C1. The smallest absolute Gasteiger partial charge is 0.101 e. The molecule has 0 atom stereocenters. The van der Waals surface area contributed by atoms with Crippen LogP contribution in [0.25, 0.3) is 0 Å². The predicted octanol–water partition coefficient (Wildman–Crippen LogP) is 9.20. The summed E-state index contributed by atoms with van der Waals surface area (Å²) in [6, 6.07) is 0. The van der Waals surface area contributed by atoms with E-state index in [4.69, 9.17) is 0 Å². The van der Waals surface area contributed by atoms with Gasteiger partial charge >= 0.3 is 0 Å². The Morgan fingerprint density at radius 1 is 0.375 bits per heavy atom. The first-order valence-corrected chi connectivity index (χ1v) is 14.4. The second-order valence-electron chi connectivity index (χ2n) is 10.5. The molecule has 2 nitrogen and oxygen atoms in total. The van der Waals surface area contributed by atoms with Gasteiger partial charge in [0.05, 0.1) is 0 Å². The molecule has 0 aromatic carbocycles. The lowest BCUT2D eigenvalue weighted by atomic mass is 9.83. The molecule has 0 unspecified atom stereocenters. The third-order valence-electron chi connectivity index (χ3n) is 7.18. The summed E-state index contributed by atoms with van der Waals surface area (Å²) in [7, 11) is 0. The molecule has 0 aromatic heterocycles. The molecule has 0 fully saturated rings. The lowest BCUT2D eigenvalue weighted by Gasteiger charge is -2.30. The fourth-order valence-corrected chi connectivity index (χ4v) is 4.81. The summed E-state index contributed by atoms with van der Waals surface area (Å²) in [5.74, 6) is 0. The molecule has 0 heterocycles. The standard InChI is InChI=1S/C30H56O2/c1-3-5-7-9-11-13-15-17-19-21-23-29(31)25-27-30(32,28-26-29)24-22-20-18-16-14-12-10-8-6-4-2/h25-28,31-32H,3-24H2,1-2H3. The van der Waals surface area contributed by atoms with Crippen molar-refractivity contribution in [2.75, 3.05) is 0 Å². The molecule has 0 aromatic rings. The highest BCUT2D eigenvalue weighted by Crippen LogP contribution is 2.30. The topological polar surface area (TPSA) is 40.5 Å². The highest BCUT2D eigenvalue weighted by Gasteiger charge is 2.29. The molecule has 32 heavy (non-hydrogen) atoms. The Balaban J connectivity index is 2.04. The number of hydrogen-bond acceptors (Lipinski definition) is 2. The van der Waals surface area contributed by atoms with Gasteiger partial charge in [-0.2, -0.15) is 0 Å². The van der Waals surface area contributed by atoms with Gasteiger partial charge in [-0.15, -0.1) is 0 Å². The summed E-state index contributed by atoms with van der Waals surface area (Å²) < 4.78 is 0. The molecule has 1 aliphatic carbocycles. The lowest BCUT2D eigenvalue weighted by Crippen LogP contribution is -2.33. The van der Waals surface area contributed by atoms with Crippen molar-refractivity contribution < 1.29 is 10.2 Å². The molecule has 0 amide bonds. The van der Waals surface area contributed by atoms with Crippen molar-refractivity contribution in [1.29, 1.82) is 0 Å². The van der Waals surface area contributed by atoms with Crippen LogP contribution in [0.3, 0.4) is 0 Å². The molecule has 0 saturated heterocycles. The minimum absolute atomic E-state index is 0.769. The van der Waals surface area contributed by atoms with Gasteiger partial charge in [0, 0.05) is 0 Å². The first kappa shape index (κ1) is 29.4. The molecule has 0 bridgehead atoms. The fourth-order valence-electron chi connectivity index (χ4n) is 4.81. The van der Waals surface area contributed by atoms with E-state index in [0.29, 0.717) is 0 Å². The summed E-state index contributed by atoms with van der Waals surface area (Å²) in [4.78, 5) is 0. The van der Waals surface area contributed by atoms with E-state index in [0.717, 1.165) is 25.7 Å². The Bertz CT molecular complexity index is 423. The lowest BCUT2D eigenvalue weighted by molar-refractivity contribution is 0.0936. The van der Waals surface area contributed by atoms with Crippen molar-refractivity contribution in [2.45, 2.75) is 166 Å². The molecule has 0 saturated carbocycles. The van der Waals surface area contributed by atoms with Gasteiger partial charge in [0.2, 0.25) is 0 Å². The molecular weight excluding hydrogens is 392 g/mol. The van der Waals surface area contributed by atoms with E-state index in [-0.39, 0.29) is 0 Å². The minimum Gasteiger partial charge on any atom is -0.382 e. The number of hydrogen-bond donors (Lipinski definition) is 2. The average molecular weight is 449 g/mol. The van der Waals surface area contributed by atoms with Crippen LogP contribution < -0.4 is 0 Å². The summed E-state index contributed by atoms with van der Waals surface area (Å²) in [6.07, 6.45) is 35.1. The van der Waals surface area contributed by atoms with Crippen LogP contribution in [0.5, 0.6) is 0 Å². The molecule has 2 N–H and O–H groups in total. The van der Waals surface area contributed by atoms with Crippen LogP contribution in [0.15, 0.2) is 24.3 Å². The first-order valence-electron chi connectivity index (χ1n) is 14.4. The van der Waals surface area contributed by atoms with Crippen molar-refractivity contribution in [2.24, 2.45) is 0 Å². The Labute approximate surface area is 201 Å². The largest absolute Gasteiger partial charge is 0.382 e. The monoisotopic (exact) mass is 448 g/mol. The van der Waals surface area contributed by atoms with Crippen LogP contribution >= 0.6 is 0 Å². The Hall–Kier alpha value is -0.600. The second kappa shape index (κ2) is 18.8. The average Bonchev–Trinajstić information content (AvgIpc) is 2.79. The van der Waals surface area contributed by atoms with Crippen molar-refractivity contribution >= 4 is 0 Å². The highest BCUT2D eigenvalue weighted by atomic mass is 16.3. The van der Waals surface area contributed by atoms with E-state index in [1.165, 1.54) is 116 Å². The highest BCUT2D eigenvalue weighted by molar-refractivity contribution is 5.28. The number of rotatable bonds is 22. The summed E-state index contributed by atoms with van der Waals surface area (Å²) >= 11 is 0. The second-order valence-corrected chi connectivity index (χ2v) is 10.5. The molecule has 0 aliphatic heterocycles. The van der Waals surface area contributed by atoms with Gasteiger partial charge in [-0.1, -0.05) is 154 Å². The quantitative estimate of drug-likeness (QED) is 0.128. The predicted molar refractivity (Wildman–Crippen MR) is 141 cm³/mol. The molecule has 0 radical (unpaired) electrons. The van der Waals surface area contributed by atoms with Gasteiger partial charge in [-0.05, 0) is 25.7 Å². The van der Waals surface area contributed by atoms with Crippen LogP contribution in [0.1, 0.15) is 155 Å². The van der Waals surface area contributed by atoms with E-state index in [2.05, 4.69) is 13.8 Å². The molecule has 1 rings (SSSR count). The van der Waals surface area contributed by atoms with Crippen molar-refractivity contribution in [3.8, 4) is 0 Å². The van der Waals surface area contributed by atoms with Gasteiger partial charge in [0.1, 0.15) is 11.2 Å². The Kier molecular flexibility index (Phi) is 17.3. The first-order chi connectivity index (χ1) is 15.5. The molecule has 2 heteroatoms. The van der Waals surface area contributed by atoms with Crippen LogP contribution in [-0.2, 0) is 0 Å². The van der Waals surface area contributed by atoms with E-state index in [1.807, 2.05) is 24.3 Å². The molecule has 1 aliphatic rings. The summed E-state index contributed by atoms with van der Waals surface area (Å²) in [6.45, 7) is 4.54. The molecular formula is C30H56O2. The van der Waals surface area contributed by atoms with E-state index >= 15 is 0 Å². The maximum atomic E-state index is 10.8. The van der Waals surface area contributed by atoms with Gasteiger partial charge in [0.25, 0.3) is 0 Å². The van der Waals surface area contributed by atoms with Gasteiger partial charge < -0.3 is 10.2 Å². The van der Waals surface area contributed by atoms with E-state index in [1.54, 1.807) is 0 Å². The minimum atomic E-state index is -0.857. The fraction of sp³-hybridized carbons (Fsp3) is 0.867. The van der Waals surface area contributed by atoms with E-state index in [9.17, 15) is 10.2 Å². The van der Waals surface area contributed by atoms with Crippen molar-refractivity contribution in [1.82, 2.24) is 0 Å². The molecule has 188 valence electrons. The third kappa shape index (κ3) is 15.3. The molecule has 0 spiro atoms. The zero-order valence-electron chi connectivity index (χ0n) is 21.8. The summed E-state index contributed by atoms with van der Waals surface area (Å²) in [5, 5.41) is 21.6. The van der Waals surface area contributed by atoms with Gasteiger partial charge in [-0.3, -0.25) is 0 Å². The van der Waals surface area contributed by atoms with Gasteiger partial charge in [0.15, 0.2) is 0 Å². The Morgan fingerprint density at radius 3 is 0.844 bits per heavy atom. The van der Waals surface area contributed by atoms with Crippen molar-refractivity contribution in [3.63, 3.8) is 0 Å². The number of unbranched alkanes of at least 4 members (excludes halogenated alkanes) is 18. The maximum absolute atomic E-state index is 10.8. The third-order valence-corrected chi connectivity index (χ3v) is 7.18. The maximum Gasteiger partial charge on any atom is 0.101 e. The van der Waals surface area contributed by atoms with Crippen LogP contribution in [0.2, 0.25) is 0 Å². The van der Waals surface area contributed by atoms with Crippen LogP contribution in [0.4, 0.5) is 0 Å². The van der Waals surface area contributed by atoms with Crippen molar-refractivity contribution in [3.05, 3.63) is 24.3 Å². The zero-order valence-corrected chi connectivity index (χ0v) is 21.8. The van der Waals surface area contributed by atoms with Gasteiger partial charge in [-0.25, -0.2) is 0 Å². The number of aliphatic hydroxyl groups is 2. The Morgan fingerprint density at radius 2 is 0.594 bits per heavy atom. The summed E-state index contributed by atoms with van der Waals surface area (Å²) in [5.41, 5.74) is -1.71. The van der Waals surface area contributed by atoms with Crippen LogP contribution in [-0.4, -0.2) is 21.4 Å². The zero-order chi connectivity index (χ0) is 23.4.